The van der Waals surface area contributed by atoms with Gasteiger partial charge in [-0.3, -0.25) is 25.0 Å². The molecule has 0 atom stereocenters. The summed E-state index contributed by atoms with van der Waals surface area (Å²) in [6.45, 7) is 0.638. The number of likely N-dealkylation sites (tertiary alicyclic amines) is 1. The maximum Gasteiger partial charge on any atom is 0.412 e. The molecule has 2 N–H and O–H groups in total. The predicted octanol–water partition coefficient (Wildman–Crippen LogP) is 3.18. The number of nitrogens with zero attached hydrogens (tertiary/aromatic N) is 2. The topological polar surface area (TPSA) is 140 Å². The van der Waals surface area contributed by atoms with Gasteiger partial charge in [-0.05, 0) is 24.3 Å². The number of ether oxygens (including phenoxy) is 2. The SMILES string of the molecule is COc1ccc2c(c1)C1(CCN(C(=O)C=CC(=O)Nc3cccc([N+](=O)[O-])c3)CC1)OC(=O)N2. The molecule has 11 heteroatoms. The Labute approximate surface area is 194 Å². The van der Waals surface area contributed by atoms with Crippen LogP contribution in [0.4, 0.5) is 21.9 Å². The van der Waals surface area contributed by atoms with E-state index in [9.17, 15) is 24.5 Å². The van der Waals surface area contributed by atoms with Crippen LogP contribution in [-0.4, -0.2) is 47.9 Å². The van der Waals surface area contributed by atoms with Crippen LogP contribution >= 0.6 is 0 Å². The molecule has 3 amide bonds. The summed E-state index contributed by atoms with van der Waals surface area (Å²) in [5, 5.41) is 16.0. The van der Waals surface area contributed by atoms with Gasteiger partial charge in [0.05, 0.1) is 17.7 Å². The van der Waals surface area contributed by atoms with Gasteiger partial charge in [-0.2, -0.15) is 0 Å². The van der Waals surface area contributed by atoms with Gasteiger partial charge in [-0.1, -0.05) is 6.07 Å². The van der Waals surface area contributed by atoms with Crippen molar-refractivity contribution in [3.05, 3.63) is 70.3 Å². The van der Waals surface area contributed by atoms with E-state index in [1.165, 1.54) is 24.3 Å². The second-order valence-corrected chi connectivity index (χ2v) is 7.88. The summed E-state index contributed by atoms with van der Waals surface area (Å²) in [7, 11) is 1.56. The number of carbonyl (C=O) groups excluding carboxylic acids is 3. The lowest BCUT2D eigenvalue weighted by Crippen LogP contribution is -2.49. The number of hydrogen-bond acceptors (Lipinski definition) is 7. The van der Waals surface area contributed by atoms with Gasteiger partial charge < -0.3 is 19.7 Å². The average molecular weight is 466 g/mol. The molecule has 2 aliphatic heterocycles. The molecule has 2 aromatic carbocycles. The van der Waals surface area contributed by atoms with E-state index in [1.54, 1.807) is 24.1 Å². The number of nitrogens with one attached hydrogen (secondary N) is 2. The summed E-state index contributed by atoms with van der Waals surface area (Å²) >= 11 is 0. The van der Waals surface area contributed by atoms with Crippen LogP contribution in [0.5, 0.6) is 5.75 Å². The number of nitro groups is 1. The van der Waals surface area contributed by atoms with Gasteiger partial charge in [0.1, 0.15) is 11.4 Å². The normalized spacial score (nSPS) is 16.4. The van der Waals surface area contributed by atoms with E-state index >= 15 is 0 Å². The van der Waals surface area contributed by atoms with Crippen molar-refractivity contribution in [3.8, 4) is 5.75 Å². The highest BCUT2D eigenvalue weighted by Crippen LogP contribution is 2.44. The van der Waals surface area contributed by atoms with E-state index in [0.717, 1.165) is 17.7 Å². The highest BCUT2D eigenvalue weighted by molar-refractivity contribution is 6.03. The molecular formula is C23H22N4O7. The summed E-state index contributed by atoms with van der Waals surface area (Å²) in [5.41, 5.74) is 0.669. The number of hydrogen-bond donors (Lipinski definition) is 2. The van der Waals surface area contributed by atoms with Crippen LogP contribution < -0.4 is 15.4 Å². The highest BCUT2D eigenvalue weighted by Gasteiger charge is 2.45. The molecule has 4 rings (SSSR count). The molecule has 1 spiro atoms. The lowest BCUT2D eigenvalue weighted by atomic mass is 9.82. The molecule has 0 aliphatic carbocycles. The smallest absolute Gasteiger partial charge is 0.412 e. The van der Waals surface area contributed by atoms with Gasteiger partial charge in [0.15, 0.2) is 0 Å². The third-order valence-electron chi connectivity index (χ3n) is 5.83. The first kappa shape index (κ1) is 22.8. The van der Waals surface area contributed by atoms with Crippen molar-refractivity contribution in [3.63, 3.8) is 0 Å². The van der Waals surface area contributed by atoms with E-state index in [2.05, 4.69) is 10.6 Å². The van der Waals surface area contributed by atoms with Gasteiger partial charge in [-0.25, -0.2) is 4.79 Å². The number of benzene rings is 2. The average Bonchev–Trinajstić information content (AvgIpc) is 2.83. The Morgan fingerprint density at radius 2 is 1.97 bits per heavy atom. The fourth-order valence-corrected chi connectivity index (χ4v) is 4.10. The largest absolute Gasteiger partial charge is 0.497 e. The molecular weight excluding hydrogens is 444 g/mol. The minimum Gasteiger partial charge on any atom is -0.497 e. The lowest BCUT2D eigenvalue weighted by molar-refractivity contribution is -0.384. The van der Waals surface area contributed by atoms with Crippen molar-refractivity contribution in [1.82, 2.24) is 4.90 Å². The fourth-order valence-electron chi connectivity index (χ4n) is 4.10. The Balaban J connectivity index is 1.39. The van der Waals surface area contributed by atoms with Crippen molar-refractivity contribution >= 4 is 35.0 Å². The Kier molecular flexibility index (Phi) is 6.17. The van der Waals surface area contributed by atoms with Crippen LogP contribution in [0.3, 0.4) is 0 Å². The Hall–Kier alpha value is -4.41. The summed E-state index contributed by atoms with van der Waals surface area (Å²) in [4.78, 5) is 48.7. The molecule has 2 heterocycles. The molecule has 1 fully saturated rings. The molecule has 0 bridgehead atoms. The molecule has 11 nitrogen and oxygen atoms in total. The molecule has 2 aromatic rings. The van der Waals surface area contributed by atoms with Gasteiger partial charge >= 0.3 is 6.09 Å². The number of amides is 3. The highest BCUT2D eigenvalue weighted by atomic mass is 16.6. The number of anilines is 2. The zero-order chi connectivity index (χ0) is 24.3. The second-order valence-electron chi connectivity index (χ2n) is 7.88. The molecule has 0 aromatic heterocycles. The van der Waals surface area contributed by atoms with Crippen LogP contribution in [0.1, 0.15) is 18.4 Å². The van der Waals surface area contributed by atoms with E-state index < -0.39 is 22.5 Å². The third kappa shape index (κ3) is 4.68. The van der Waals surface area contributed by atoms with Crippen LogP contribution in [0.2, 0.25) is 0 Å². The van der Waals surface area contributed by atoms with E-state index in [-0.39, 0.29) is 17.3 Å². The zero-order valence-electron chi connectivity index (χ0n) is 18.3. The number of methoxy groups -OCH3 is 1. The molecule has 0 unspecified atom stereocenters. The summed E-state index contributed by atoms with van der Waals surface area (Å²) in [6.07, 6.45) is 2.46. The van der Waals surface area contributed by atoms with Crippen LogP contribution in [-0.2, 0) is 19.9 Å². The number of fused-ring (bicyclic) bond motifs is 2. The minimum absolute atomic E-state index is 0.155. The van der Waals surface area contributed by atoms with Gasteiger partial charge in [0.2, 0.25) is 11.8 Å². The van der Waals surface area contributed by atoms with Crippen molar-refractivity contribution in [2.24, 2.45) is 0 Å². The minimum atomic E-state index is -0.869. The van der Waals surface area contributed by atoms with Gasteiger partial charge in [0, 0.05) is 61.5 Å². The quantitative estimate of drug-likeness (QED) is 0.392. The second kappa shape index (κ2) is 9.22. The van der Waals surface area contributed by atoms with Gasteiger partial charge in [-0.15, -0.1) is 0 Å². The van der Waals surface area contributed by atoms with Crippen molar-refractivity contribution < 1.29 is 28.8 Å². The van der Waals surface area contributed by atoms with Crippen molar-refractivity contribution in [1.29, 1.82) is 0 Å². The predicted molar refractivity (Wildman–Crippen MR) is 121 cm³/mol. The van der Waals surface area contributed by atoms with E-state index in [4.69, 9.17) is 9.47 Å². The van der Waals surface area contributed by atoms with Crippen LogP contribution in [0.25, 0.3) is 0 Å². The molecule has 1 saturated heterocycles. The van der Waals surface area contributed by atoms with Crippen molar-refractivity contribution in [2.75, 3.05) is 30.8 Å². The van der Waals surface area contributed by atoms with E-state index in [0.29, 0.717) is 37.4 Å². The monoisotopic (exact) mass is 466 g/mol. The first-order valence-electron chi connectivity index (χ1n) is 10.5. The number of nitro benzene ring substituents is 1. The molecule has 0 saturated carbocycles. The number of piperidine rings is 1. The Morgan fingerprint density at radius 1 is 1.21 bits per heavy atom. The third-order valence-corrected chi connectivity index (χ3v) is 5.83. The number of non-ortho nitro benzene ring substituents is 1. The van der Waals surface area contributed by atoms with Crippen LogP contribution in [0.15, 0.2) is 54.6 Å². The Morgan fingerprint density at radius 3 is 2.68 bits per heavy atom. The first-order chi connectivity index (χ1) is 16.3. The standard InChI is InChI=1S/C23H22N4O7/c1-33-17-5-6-19-18(14-17)23(34-22(30)25-19)9-11-26(12-10-23)21(29)8-7-20(28)24-15-3-2-4-16(13-15)27(31)32/h2-8,13-14H,9-12H2,1H3,(H,24,28)(H,25,30). The number of rotatable bonds is 5. The fraction of sp³-hybridized carbons (Fsp3) is 0.261. The lowest BCUT2D eigenvalue weighted by Gasteiger charge is -2.44. The van der Waals surface area contributed by atoms with Crippen LogP contribution in [0, 0.1) is 10.1 Å². The maximum absolute atomic E-state index is 12.6. The zero-order valence-corrected chi connectivity index (χ0v) is 18.3. The van der Waals surface area contributed by atoms with Crippen molar-refractivity contribution in [2.45, 2.75) is 18.4 Å². The maximum atomic E-state index is 12.6. The number of carbonyl (C=O) groups is 3. The van der Waals surface area contributed by atoms with E-state index in [1.807, 2.05) is 6.07 Å². The molecule has 0 radical (unpaired) electrons. The summed E-state index contributed by atoms with van der Waals surface area (Å²) < 4.78 is 11.0. The molecule has 2 aliphatic rings. The molecule has 34 heavy (non-hydrogen) atoms. The summed E-state index contributed by atoms with van der Waals surface area (Å²) in [5.74, 6) is -0.320. The Bertz CT molecular complexity index is 1190. The van der Waals surface area contributed by atoms with Gasteiger partial charge in [0.25, 0.3) is 5.69 Å². The molecule has 176 valence electrons. The summed E-state index contributed by atoms with van der Waals surface area (Å²) in [6, 6.07) is 10.8. The first-order valence-corrected chi connectivity index (χ1v) is 10.5.